The number of carbonyl (C=O) groups excluding carboxylic acids is 1. The minimum atomic E-state index is -0.643. The van der Waals surface area contributed by atoms with E-state index in [0.717, 1.165) is 39.1 Å². The van der Waals surface area contributed by atoms with Crippen LogP contribution in [-0.2, 0) is 4.79 Å². The third-order valence-corrected chi connectivity index (χ3v) is 6.48. The first-order valence-corrected chi connectivity index (χ1v) is 12.5. The van der Waals surface area contributed by atoms with E-state index < -0.39 is 5.91 Å². The Hall–Kier alpha value is -3.16. The van der Waals surface area contributed by atoms with Crippen LogP contribution in [0.25, 0.3) is 0 Å². The van der Waals surface area contributed by atoms with Gasteiger partial charge in [-0.15, -0.1) is 0 Å². The van der Waals surface area contributed by atoms with Gasteiger partial charge in [0.25, 0.3) is 5.91 Å². The number of rotatable bonds is 11. The predicted molar refractivity (Wildman–Crippen MR) is 146 cm³/mol. The molecule has 0 radical (unpaired) electrons. The number of methoxy groups -OCH3 is 2. The van der Waals surface area contributed by atoms with Crippen LogP contribution in [0.1, 0.15) is 6.42 Å². The number of benzene rings is 2. The van der Waals surface area contributed by atoms with E-state index in [-0.39, 0.29) is 16.3 Å². The van der Waals surface area contributed by atoms with Crippen molar-refractivity contribution in [1.82, 2.24) is 9.80 Å². The van der Waals surface area contributed by atoms with E-state index in [1.807, 2.05) is 6.07 Å². The lowest BCUT2D eigenvalue weighted by atomic mass is 10.2. The summed E-state index contributed by atoms with van der Waals surface area (Å²) >= 11 is 12.2. The summed E-state index contributed by atoms with van der Waals surface area (Å²) in [6, 6.07) is 10.1. The maximum Gasteiger partial charge on any atom is 0.267 e. The van der Waals surface area contributed by atoms with Crippen molar-refractivity contribution in [3.63, 3.8) is 0 Å². The number of nitriles is 1. The van der Waals surface area contributed by atoms with Crippen molar-refractivity contribution in [2.24, 2.45) is 0 Å². The van der Waals surface area contributed by atoms with Crippen molar-refractivity contribution in [2.45, 2.75) is 6.42 Å². The minimum Gasteiger partial charge on any atom is -0.495 e. The Kier molecular flexibility index (Phi) is 10.7. The number of halogens is 2. The highest BCUT2D eigenvalue weighted by Crippen LogP contribution is 2.34. The van der Waals surface area contributed by atoms with Gasteiger partial charge in [-0.2, -0.15) is 5.26 Å². The van der Waals surface area contributed by atoms with Gasteiger partial charge in [-0.1, -0.05) is 23.2 Å². The zero-order chi connectivity index (χ0) is 26.8. The maximum absolute atomic E-state index is 12.7. The predicted octanol–water partition coefficient (Wildman–Crippen LogP) is 4.48. The topological polar surface area (TPSA) is 99.1 Å². The number of ether oxygens (including phenoxy) is 3. The van der Waals surface area contributed by atoms with Crippen LogP contribution in [0.5, 0.6) is 17.2 Å². The quantitative estimate of drug-likeness (QED) is 0.241. The van der Waals surface area contributed by atoms with Crippen LogP contribution in [0.4, 0.5) is 11.4 Å². The number of amides is 1. The molecule has 2 aromatic carbocycles. The van der Waals surface area contributed by atoms with Gasteiger partial charge in [-0.05, 0) is 31.7 Å². The van der Waals surface area contributed by atoms with E-state index in [4.69, 9.17) is 37.4 Å². The summed E-state index contributed by atoms with van der Waals surface area (Å²) in [5.74, 6) is 0.868. The molecule has 0 bridgehead atoms. The van der Waals surface area contributed by atoms with Gasteiger partial charge in [0, 0.05) is 56.7 Å². The van der Waals surface area contributed by atoms with Gasteiger partial charge in [0.1, 0.15) is 17.4 Å². The fraction of sp³-hybridized carbons (Fsp3) is 0.385. The molecule has 1 aliphatic heterocycles. The second kappa shape index (κ2) is 14.0. The SMILES string of the molecule is COc1cc(NC(=O)/C(C#N)=C\Nc2ccc(OC)c(OCCCN3CCN(C)CC3)c2)c(Cl)cc1Cl. The number of anilines is 2. The average Bonchev–Trinajstić information content (AvgIpc) is 2.89. The highest BCUT2D eigenvalue weighted by Gasteiger charge is 2.15. The Balaban J connectivity index is 1.60. The van der Waals surface area contributed by atoms with Crippen molar-refractivity contribution >= 4 is 40.5 Å². The van der Waals surface area contributed by atoms with Gasteiger partial charge >= 0.3 is 0 Å². The molecule has 0 aromatic heterocycles. The molecule has 0 aliphatic carbocycles. The molecule has 0 atom stereocenters. The third-order valence-electron chi connectivity index (χ3n) is 5.87. The molecule has 11 heteroatoms. The van der Waals surface area contributed by atoms with Crippen molar-refractivity contribution in [3.05, 3.63) is 52.2 Å². The molecule has 0 spiro atoms. The molecule has 1 aliphatic rings. The van der Waals surface area contributed by atoms with Gasteiger partial charge < -0.3 is 34.6 Å². The lowest BCUT2D eigenvalue weighted by Gasteiger charge is -2.32. The fourth-order valence-electron chi connectivity index (χ4n) is 3.70. The molecule has 2 aromatic rings. The molecule has 1 heterocycles. The molecule has 1 amide bonds. The standard InChI is InChI=1S/C26H31Cl2N5O4/c1-32-8-10-33(11-9-32)7-4-12-37-25-13-19(5-6-23(25)35-2)30-17-18(16-29)26(34)31-22-15-24(36-3)21(28)14-20(22)27/h5-6,13-15,17,30H,4,7-12H2,1-3H3,(H,31,34)/b18-17-. The van der Waals surface area contributed by atoms with Crippen molar-refractivity contribution in [2.75, 3.05) is 71.2 Å². The van der Waals surface area contributed by atoms with Gasteiger partial charge in [-0.3, -0.25) is 4.79 Å². The van der Waals surface area contributed by atoms with Crippen LogP contribution in [0.3, 0.4) is 0 Å². The summed E-state index contributed by atoms with van der Waals surface area (Å²) in [5, 5.41) is 15.6. The van der Waals surface area contributed by atoms with Crippen molar-refractivity contribution in [1.29, 1.82) is 5.26 Å². The lowest BCUT2D eigenvalue weighted by Crippen LogP contribution is -2.44. The summed E-state index contributed by atoms with van der Waals surface area (Å²) in [6.45, 7) is 5.81. The summed E-state index contributed by atoms with van der Waals surface area (Å²) < 4.78 is 16.6. The zero-order valence-electron chi connectivity index (χ0n) is 21.1. The largest absolute Gasteiger partial charge is 0.495 e. The van der Waals surface area contributed by atoms with Crippen LogP contribution in [0.2, 0.25) is 10.0 Å². The lowest BCUT2D eigenvalue weighted by molar-refractivity contribution is -0.112. The average molecular weight is 548 g/mol. The number of hydrogen-bond donors (Lipinski definition) is 2. The Morgan fingerprint density at radius 1 is 1.05 bits per heavy atom. The first-order valence-electron chi connectivity index (χ1n) is 11.8. The molecule has 0 unspecified atom stereocenters. The molecule has 3 rings (SSSR count). The number of nitrogens with one attached hydrogen (secondary N) is 2. The van der Waals surface area contributed by atoms with Crippen LogP contribution in [-0.4, -0.2) is 76.3 Å². The van der Waals surface area contributed by atoms with E-state index in [0.29, 0.717) is 34.6 Å². The van der Waals surface area contributed by atoms with Crippen molar-refractivity contribution < 1.29 is 19.0 Å². The minimum absolute atomic E-state index is 0.157. The highest BCUT2D eigenvalue weighted by atomic mass is 35.5. The number of hydrogen-bond acceptors (Lipinski definition) is 8. The second-order valence-corrected chi connectivity index (χ2v) is 9.26. The molecule has 9 nitrogen and oxygen atoms in total. The zero-order valence-corrected chi connectivity index (χ0v) is 22.7. The van der Waals surface area contributed by atoms with E-state index >= 15 is 0 Å². The molecular formula is C26H31Cl2N5O4. The Morgan fingerprint density at radius 2 is 1.78 bits per heavy atom. The Morgan fingerprint density at radius 3 is 2.46 bits per heavy atom. The van der Waals surface area contributed by atoms with Crippen LogP contribution >= 0.6 is 23.2 Å². The number of piperazine rings is 1. The summed E-state index contributed by atoms with van der Waals surface area (Å²) in [4.78, 5) is 17.4. The van der Waals surface area contributed by atoms with E-state index in [1.165, 1.54) is 25.4 Å². The van der Waals surface area contributed by atoms with Crippen LogP contribution in [0, 0.1) is 11.3 Å². The normalized spacial score (nSPS) is 14.5. The van der Waals surface area contributed by atoms with Gasteiger partial charge in [-0.25, -0.2) is 0 Å². The van der Waals surface area contributed by atoms with Gasteiger partial charge in [0.15, 0.2) is 11.5 Å². The van der Waals surface area contributed by atoms with Crippen LogP contribution in [0.15, 0.2) is 42.1 Å². The molecule has 198 valence electrons. The highest BCUT2D eigenvalue weighted by molar-refractivity contribution is 6.37. The smallest absolute Gasteiger partial charge is 0.267 e. The first-order chi connectivity index (χ1) is 17.8. The monoisotopic (exact) mass is 547 g/mol. The van der Waals surface area contributed by atoms with E-state index in [2.05, 4.69) is 27.5 Å². The third kappa shape index (κ3) is 8.17. The second-order valence-electron chi connectivity index (χ2n) is 8.45. The first kappa shape index (κ1) is 28.4. The molecular weight excluding hydrogens is 517 g/mol. The summed E-state index contributed by atoms with van der Waals surface area (Å²) in [6.07, 6.45) is 2.20. The van der Waals surface area contributed by atoms with E-state index in [9.17, 15) is 10.1 Å². The molecule has 1 saturated heterocycles. The molecule has 37 heavy (non-hydrogen) atoms. The summed E-state index contributed by atoms with van der Waals surface area (Å²) in [5.41, 5.74) is 0.739. The molecule has 1 fully saturated rings. The number of carbonyl (C=O) groups is 1. The number of nitrogens with zero attached hydrogens (tertiary/aromatic N) is 3. The summed E-state index contributed by atoms with van der Waals surface area (Å²) in [7, 11) is 5.17. The maximum atomic E-state index is 12.7. The van der Waals surface area contributed by atoms with Crippen molar-refractivity contribution in [3.8, 4) is 23.3 Å². The van der Waals surface area contributed by atoms with Gasteiger partial charge in [0.2, 0.25) is 0 Å². The number of likely N-dealkylation sites (N-methyl/N-ethyl adjacent to an activating group) is 1. The Labute approximate surface area is 227 Å². The van der Waals surface area contributed by atoms with Gasteiger partial charge in [0.05, 0.1) is 36.6 Å². The molecule has 0 saturated carbocycles. The Bertz CT molecular complexity index is 1160. The fourth-order valence-corrected chi connectivity index (χ4v) is 4.20. The van der Waals surface area contributed by atoms with Crippen LogP contribution < -0.4 is 24.8 Å². The molecule has 2 N–H and O–H groups in total. The van der Waals surface area contributed by atoms with E-state index in [1.54, 1.807) is 25.3 Å².